The molecule has 0 aliphatic rings. The monoisotopic (exact) mass is 290 g/mol. The van der Waals surface area contributed by atoms with E-state index in [2.05, 4.69) is 15.9 Å². The summed E-state index contributed by atoms with van der Waals surface area (Å²) in [5, 5.41) is 1.43. The second-order valence-corrected chi connectivity index (χ2v) is 4.32. The Morgan fingerprint density at radius 2 is 2.27 bits per heavy atom. The van der Waals surface area contributed by atoms with Gasteiger partial charge in [0, 0.05) is 10.4 Å². The van der Waals surface area contributed by atoms with Gasteiger partial charge in [0.1, 0.15) is 5.75 Å². The van der Waals surface area contributed by atoms with Gasteiger partial charge in [-0.2, -0.15) is 0 Å². The smallest absolute Gasteiger partial charge is 0.163 e. The molecule has 0 aliphatic carbocycles. The van der Waals surface area contributed by atoms with Crippen LogP contribution in [0.4, 0.5) is 0 Å². The Hall–Kier alpha value is -0.540. The second kappa shape index (κ2) is 6.13. The molecule has 0 N–H and O–H groups in total. The lowest BCUT2D eigenvalue weighted by Gasteiger charge is -2.09. The summed E-state index contributed by atoms with van der Waals surface area (Å²) < 4.78 is 5.48. The largest absolute Gasteiger partial charge is 0.493 e. The first-order chi connectivity index (χ1) is 7.15. The average Bonchev–Trinajstić information content (AvgIpc) is 2.20. The number of ketones is 1. The number of halogens is 2. The molecule has 0 saturated carbocycles. The molecule has 0 radical (unpaired) electrons. The lowest BCUT2D eigenvalue weighted by molar-refractivity contribution is 0.101. The summed E-state index contributed by atoms with van der Waals surface area (Å²) >= 11 is 9.12. The van der Waals surface area contributed by atoms with Crippen LogP contribution in [-0.2, 0) is 0 Å². The molecule has 0 amide bonds. The molecule has 1 rings (SSSR count). The van der Waals surface area contributed by atoms with Crippen LogP contribution in [0.5, 0.6) is 5.75 Å². The SMILES string of the molecule is CC(=O)c1cc(Cl)ccc1OCCCBr. The maximum Gasteiger partial charge on any atom is 0.163 e. The zero-order valence-corrected chi connectivity index (χ0v) is 10.8. The molecule has 0 saturated heterocycles. The highest BCUT2D eigenvalue weighted by atomic mass is 79.9. The average molecular weight is 292 g/mol. The van der Waals surface area contributed by atoms with Crippen LogP contribution in [0.3, 0.4) is 0 Å². The van der Waals surface area contributed by atoms with Crippen molar-refractivity contribution in [1.82, 2.24) is 0 Å². The molecular formula is C11H12BrClO2. The normalized spacial score (nSPS) is 10.1. The highest BCUT2D eigenvalue weighted by Gasteiger charge is 2.08. The molecule has 0 spiro atoms. The molecule has 0 heterocycles. The number of carbonyl (C=O) groups excluding carboxylic acids is 1. The molecule has 0 unspecified atom stereocenters. The van der Waals surface area contributed by atoms with Crippen LogP contribution >= 0.6 is 27.5 Å². The summed E-state index contributed by atoms with van der Waals surface area (Å²) in [5.41, 5.74) is 0.539. The summed E-state index contributed by atoms with van der Waals surface area (Å²) in [6, 6.07) is 5.08. The molecular weight excluding hydrogens is 279 g/mol. The fourth-order valence-electron chi connectivity index (χ4n) is 1.14. The lowest BCUT2D eigenvalue weighted by Crippen LogP contribution is -2.03. The maximum absolute atomic E-state index is 11.3. The minimum absolute atomic E-state index is 0.0358. The van der Waals surface area contributed by atoms with Crippen LogP contribution in [0.1, 0.15) is 23.7 Å². The minimum atomic E-state index is -0.0358. The Morgan fingerprint density at radius 1 is 1.53 bits per heavy atom. The zero-order chi connectivity index (χ0) is 11.3. The Bertz CT molecular complexity index is 352. The van der Waals surface area contributed by atoms with E-state index in [0.717, 1.165) is 11.8 Å². The number of hydrogen-bond acceptors (Lipinski definition) is 2. The third kappa shape index (κ3) is 3.84. The van der Waals surface area contributed by atoms with Gasteiger partial charge in [-0.1, -0.05) is 27.5 Å². The maximum atomic E-state index is 11.3. The predicted octanol–water partition coefficient (Wildman–Crippen LogP) is 3.71. The van der Waals surface area contributed by atoms with Crippen molar-refractivity contribution in [3.05, 3.63) is 28.8 Å². The standard InChI is InChI=1S/C11H12BrClO2/c1-8(14)10-7-9(13)3-4-11(10)15-6-2-5-12/h3-4,7H,2,5-6H2,1H3. The van der Waals surface area contributed by atoms with Crippen LogP contribution < -0.4 is 4.74 Å². The summed E-state index contributed by atoms with van der Waals surface area (Å²) in [6.07, 6.45) is 0.903. The van der Waals surface area contributed by atoms with Gasteiger partial charge in [-0.25, -0.2) is 0 Å². The Morgan fingerprint density at radius 3 is 2.87 bits per heavy atom. The molecule has 1 aromatic carbocycles. The van der Waals surface area contributed by atoms with Crippen molar-refractivity contribution < 1.29 is 9.53 Å². The van der Waals surface area contributed by atoms with Crippen LogP contribution in [0.2, 0.25) is 5.02 Å². The molecule has 0 aliphatic heterocycles. The first-order valence-corrected chi connectivity index (χ1v) is 6.14. The van der Waals surface area contributed by atoms with Gasteiger partial charge in [0.15, 0.2) is 5.78 Å². The van der Waals surface area contributed by atoms with Gasteiger partial charge in [-0.3, -0.25) is 4.79 Å². The van der Waals surface area contributed by atoms with E-state index < -0.39 is 0 Å². The van der Waals surface area contributed by atoms with E-state index in [0.29, 0.717) is 22.9 Å². The summed E-state index contributed by atoms with van der Waals surface area (Å²) in [6.45, 7) is 2.09. The van der Waals surface area contributed by atoms with E-state index in [-0.39, 0.29) is 5.78 Å². The number of benzene rings is 1. The number of carbonyl (C=O) groups is 1. The molecule has 0 fully saturated rings. The number of rotatable bonds is 5. The van der Waals surface area contributed by atoms with E-state index in [1.54, 1.807) is 18.2 Å². The van der Waals surface area contributed by atoms with Crippen molar-refractivity contribution in [3.63, 3.8) is 0 Å². The topological polar surface area (TPSA) is 26.3 Å². The molecule has 1 aromatic rings. The molecule has 0 atom stereocenters. The fourth-order valence-corrected chi connectivity index (χ4v) is 1.54. The number of ether oxygens (including phenoxy) is 1. The van der Waals surface area contributed by atoms with E-state index >= 15 is 0 Å². The minimum Gasteiger partial charge on any atom is -0.493 e. The summed E-state index contributed by atoms with van der Waals surface area (Å²) in [4.78, 5) is 11.3. The van der Waals surface area contributed by atoms with Gasteiger partial charge >= 0.3 is 0 Å². The first-order valence-electron chi connectivity index (χ1n) is 4.64. The van der Waals surface area contributed by atoms with E-state index in [9.17, 15) is 4.79 Å². The Labute approximate surface area is 103 Å². The number of hydrogen-bond donors (Lipinski definition) is 0. The predicted molar refractivity (Wildman–Crippen MR) is 65.4 cm³/mol. The quantitative estimate of drug-likeness (QED) is 0.470. The van der Waals surface area contributed by atoms with Gasteiger partial charge in [-0.05, 0) is 31.5 Å². The van der Waals surface area contributed by atoms with Crippen molar-refractivity contribution in [2.75, 3.05) is 11.9 Å². The molecule has 15 heavy (non-hydrogen) atoms. The third-order valence-electron chi connectivity index (χ3n) is 1.86. The van der Waals surface area contributed by atoms with Gasteiger partial charge in [0.05, 0.1) is 12.2 Å². The number of alkyl halides is 1. The van der Waals surface area contributed by atoms with E-state index in [1.165, 1.54) is 6.92 Å². The first kappa shape index (κ1) is 12.5. The molecule has 2 nitrogen and oxygen atoms in total. The van der Waals surface area contributed by atoms with Crippen LogP contribution in [0, 0.1) is 0 Å². The third-order valence-corrected chi connectivity index (χ3v) is 2.65. The summed E-state index contributed by atoms with van der Waals surface area (Å²) in [5.74, 6) is 0.569. The Kier molecular flexibility index (Phi) is 5.12. The second-order valence-electron chi connectivity index (χ2n) is 3.09. The van der Waals surface area contributed by atoms with Crippen molar-refractivity contribution >= 4 is 33.3 Å². The molecule has 82 valence electrons. The highest BCUT2D eigenvalue weighted by molar-refractivity contribution is 9.09. The Balaban J connectivity index is 2.81. The molecule has 0 aromatic heterocycles. The van der Waals surface area contributed by atoms with Crippen LogP contribution in [-0.4, -0.2) is 17.7 Å². The fraction of sp³-hybridized carbons (Fsp3) is 0.364. The van der Waals surface area contributed by atoms with Crippen molar-refractivity contribution in [3.8, 4) is 5.75 Å². The highest BCUT2D eigenvalue weighted by Crippen LogP contribution is 2.23. The van der Waals surface area contributed by atoms with Gasteiger partial charge in [0.25, 0.3) is 0 Å². The van der Waals surface area contributed by atoms with E-state index in [4.69, 9.17) is 16.3 Å². The van der Waals surface area contributed by atoms with Crippen LogP contribution in [0.15, 0.2) is 18.2 Å². The number of Topliss-reactive ketones (excluding diaryl/α,β-unsaturated/α-hetero) is 1. The van der Waals surface area contributed by atoms with E-state index in [1.807, 2.05) is 0 Å². The zero-order valence-electron chi connectivity index (χ0n) is 8.43. The van der Waals surface area contributed by atoms with Gasteiger partial charge in [-0.15, -0.1) is 0 Å². The van der Waals surface area contributed by atoms with Gasteiger partial charge < -0.3 is 4.74 Å². The lowest BCUT2D eigenvalue weighted by atomic mass is 10.1. The van der Waals surface area contributed by atoms with Gasteiger partial charge in [0.2, 0.25) is 0 Å². The molecule has 4 heteroatoms. The van der Waals surface area contributed by atoms with Crippen LogP contribution in [0.25, 0.3) is 0 Å². The molecule has 0 bridgehead atoms. The van der Waals surface area contributed by atoms with Crippen molar-refractivity contribution in [2.45, 2.75) is 13.3 Å². The van der Waals surface area contributed by atoms with Crippen molar-refractivity contribution in [1.29, 1.82) is 0 Å². The summed E-state index contributed by atoms with van der Waals surface area (Å²) in [7, 11) is 0. The van der Waals surface area contributed by atoms with Crippen molar-refractivity contribution in [2.24, 2.45) is 0 Å².